The molecule has 0 saturated heterocycles. The van der Waals surface area contributed by atoms with E-state index in [1.54, 1.807) is 7.11 Å². The van der Waals surface area contributed by atoms with Gasteiger partial charge in [-0.25, -0.2) is 4.98 Å². The zero-order valence-electron chi connectivity index (χ0n) is 15.2. The lowest BCUT2D eigenvalue weighted by atomic mass is 9.78. The van der Waals surface area contributed by atoms with Gasteiger partial charge in [-0.3, -0.25) is 0 Å². The molecule has 0 aliphatic heterocycles. The SMILES string of the molecule is CCc1cc2ccc(C(C)(C#N)Cc3cccc(Br)c3)cc2nc1OC. The Morgan fingerprint density at radius 3 is 2.65 bits per heavy atom. The molecule has 0 saturated carbocycles. The van der Waals surface area contributed by atoms with E-state index < -0.39 is 5.41 Å². The molecule has 3 rings (SSSR count). The van der Waals surface area contributed by atoms with Crippen molar-refractivity contribution in [2.75, 3.05) is 7.11 Å². The number of aromatic nitrogens is 1. The van der Waals surface area contributed by atoms with Crippen LogP contribution in [0.3, 0.4) is 0 Å². The predicted octanol–water partition coefficient (Wildman–Crippen LogP) is 5.59. The van der Waals surface area contributed by atoms with E-state index in [1.807, 2.05) is 37.3 Å². The van der Waals surface area contributed by atoms with Crippen molar-refractivity contribution in [2.45, 2.75) is 32.1 Å². The van der Waals surface area contributed by atoms with E-state index in [1.165, 1.54) is 0 Å². The Morgan fingerprint density at radius 1 is 1.19 bits per heavy atom. The van der Waals surface area contributed by atoms with Crippen LogP contribution in [-0.2, 0) is 18.3 Å². The number of hydrogen-bond acceptors (Lipinski definition) is 3. The van der Waals surface area contributed by atoms with Gasteiger partial charge >= 0.3 is 0 Å². The smallest absolute Gasteiger partial charge is 0.216 e. The maximum absolute atomic E-state index is 9.92. The predicted molar refractivity (Wildman–Crippen MR) is 108 cm³/mol. The summed E-state index contributed by atoms with van der Waals surface area (Å²) in [6.07, 6.45) is 1.51. The molecule has 2 aromatic carbocycles. The molecule has 0 spiro atoms. The maximum atomic E-state index is 9.92. The van der Waals surface area contributed by atoms with Gasteiger partial charge in [-0.05, 0) is 55.2 Å². The zero-order valence-corrected chi connectivity index (χ0v) is 16.8. The number of halogens is 1. The normalized spacial score (nSPS) is 13.2. The Bertz CT molecular complexity index is 993. The summed E-state index contributed by atoms with van der Waals surface area (Å²) in [4.78, 5) is 4.65. The molecule has 4 heteroatoms. The van der Waals surface area contributed by atoms with Gasteiger partial charge in [-0.2, -0.15) is 5.26 Å². The highest BCUT2D eigenvalue weighted by molar-refractivity contribution is 9.10. The summed E-state index contributed by atoms with van der Waals surface area (Å²) in [5.74, 6) is 0.655. The number of fused-ring (bicyclic) bond motifs is 1. The summed E-state index contributed by atoms with van der Waals surface area (Å²) >= 11 is 3.50. The summed E-state index contributed by atoms with van der Waals surface area (Å²) in [6, 6.07) is 18.8. The van der Waals surface area contributed by atoms with Crippen molar-refractivity contribution in [3.05, 3.63) is 69.7 Å². The van der Waals surface area contributed by atoms with Gasteiger partial charge in [-0.1, -0.05) is 47.1 Å². The minimum Gasteiger partial charge on any atom is -0.481 e. The van der Waals surface area contributed by atoms with E-state index in [0.717, 1.165) is 38.5 Å². The number of aryl methyl sites for hydroxylation is 1. The third kappa shape index (κ3) is 3.59. The van der Waals surface area contributed by atoms with E-state index in [0.29, 0.717) is 12.3 Å². The molecular formula is C22H21BrN2O. The van der Waals surface area contributed by atoms with Crippen LogP contribution in [-0.4, -0.2) is 12.1 Å². The number of pyridine rings is 1. The van der Waals surface area contributed by atoms with Crippen LogP contribution in [0.15, 0.2) is 53.0 Å². The first-order chi connectivity index (χ1) is 12.5. The molecule has 1 heterocycles. The average Bonchev–Trinajstić information content (AvgIpc) is 2.66. The topological polar surface area (TPSA) is 45.9 Å². The minimum absolute atomic E-state index is 0.632. The fourth-order valence-electron chi connectivity index (χ4n) is 3.23. The van der Waals surface area contributed by atoms with Crippen LogP contribution in [0.2, 0.25) is 0 Å². The van der Waals surface area contributed by atoms with Gasteiger partial charge in [0.15, 0.2) is 0 Å². The lowest BCUT2D eigenvalue weighted by molar-refractivity contribution is 0.395. The number of ether oxygens (including phenoxy) is 1. The molecule has 0 fully saturated rings. The van der Waals surface area contributed by atoms with Crippen LogP contribution >= 0.6 is 15.9 Å². The molecule has 0 bridgehead atoms. The van der Waals surface area contributed by atoms with E-state index in [4.69, 9.17) is 4.74 Å². The van der Waals surface area contributed by atoms with Crippen molar-refractivity contribution in [1.82, 2.24) is 4.98 Å². The number of benzene rings is 2. The van der Waals surface area contributed by atoms with E-state index >= 15 is 0 Å². The van der Waals surface area contributed by atoms with Gasteiger partial charge < -0.3 is 4.74 Å². The Balaban J connectivity index is 2.05. The summed E-state index contributed by atoms with van der Waals surface area (Å²) in [6.45, 7) is 4.07. The van der Waals surface area contributed by atoms with Gasteiger partial charge in [-0.15, -0.1) is 0 Å². The molecule has 1 atom stereocenters. The highest BCUT2D eigenvalue weighted by atomic mass is 79.9. The number of nitrogens with zero attached hydrogens (tertiary/aromatic N) is 2. The van der Waals surface area contributed by atoms with Gasteiger partial charge in [0.25, 0.3) is 0 Å². The summed E-state index contributed by atoms with van der Waals surface area (Å²) < 4.78 is 6.44. The second-order valence-corrected chi connectivity index (χ2v) is 7.58. The molecule has 26 heavy (non-hydrogen) atoms. The highest BCUT2D eigenvalue weighted by Gasteiger charge is 2.27. The first kappa shape index (κ1) is 18.4. The number of hydrogen-bond donors (Lipinski definition) is 0. The highest BCUT2D eigenvalue weighted by Crippen LogP contribution is 2.32. The Labute approximate surface area is 162 Å². The second kappa shape index (κ2) is 7.47. The molecule has 0 aliphatic rings. The molecule has 0 N–H and O–H groups in total. The van der Waals surface area contributed by atoms with Crippen molar-refractivity contribution in [3.63, 3.8) is 0 Å². The quantitative estimate of drug-likeness (QED) is 0.552. The number of rotatable bonds is 5. The summed E-state index contributed by atoms with van der Waals surface area (Å²) in [5.41, 5.74) is 3.40. The molecular weight excluding hydrogens is 388 g/mol. The third-order valence-electron chi connectivity index (χ3n) is 4.76. The molecule has 0 radical (unpaired) electrons. The fourth-order valence-corrected chi connectivity index (χ4v) is 3.67. The van der Waals surface area contributed by atoms with Crippen LogP contribution in [0, 0.1) is 11.3 Å². The number of nitriles is 1. The standard InChI is InChI=1S/C22H21BrN2O/c1-4-16-11-17-8-9-18(12-20(17)25-21(16)26-3)22(2,14-24)13-15-6-5-7-19(23)10-15/h5-12H,4,13H2,1-3H3. The number of methoxy groups -OCH3 is 1. The van der Waals surface area contributed by atoms with Crippen molar-refractivity contribution in [3.8, 4) is 11.9 Å². The first-order valence-electron chi connectivity index (χ1n) is 8.63. The molecule has 3 aromatic rings. The van der Waals surface area contributed by atoms with Gasteiger partial charge in [0, 0.05) is 15.4 Å². The second-order valence-electron chi connectivity index (χ2n) is 6.67. The van der Waals surface area contributed by atoms with Crippen LogP contribution in [0.25, 0.3) is 10.9 Å². The lowest BCUT2D eigenvalue weighted by Crippen LogP contribution is -2.22. The first-order valence-corrected chi connectivity index (χ1v) is 9.42. The summed E-state index contributed by atoms with van der Waals surface area (Å²) in [5, 5.41) is 11.0. The lowest BCUT2D eigenvalue weighted by Gasteiger charge is -2.23. The molecule has 1 aromatic heterocycles. The Kier molecular flexibility index (Phi) is 5.29. The van der Waals surface area contributed by atoms with Gasteiger partial charge in [0.05, 0.1) is 24.1 Å². The monoisotopic (exact) mass is 408 g/mol. The van der Waals surface area contributed by atoms with Gasteiger partial charge in [0.2, 0.25) is 5.88 Å². The van der Waals surface area contributed by atoms with E-state index in [2.05, 4.69) is 52.1 Å². The molecule has 3 nitrogen and oxygen atoms in total. The molecule has 132 valence electrons. The van der Waals surface area contributed by atoms with Crippen molar-refractivity contribution in [1.29, 1.82) is 5.26 Å². The largest absolute Gasteiger partial charge is 0.481 e. The molecule has 0 amide bonds. The minimum atomic E-state index is -0.632. The Morgan fingerprint density at radius 2 is 2.00 bits per heavy atom. The van der Waals surface area contributed by atoms with Crippen molar-refractivity contribution in [2.24, 2.45) is 0 Å². The van der Waals surface area contributed by atoms with E-state index in [9.17, 15) is 5.26 Å². The molecule has 1 unspecified atom stereocenters. The van der Waals surface area contributed by atoms with Gasteiger partial charge in [0.1, 0.15) is 0 Å². The van der Waals surface area contributed by atoms with Crippen LogP contribution in [0.1, 0.15) is 30.5 Å². The fraction of sp³-hybridized carbons (Fsp3) is 0.273. The van der Waals surface area contributed by atoms with Crippen LogP contribution in [0.5, 0.6) is 5.88 Å². The van der Waals surface area contributed by atoms with Crippen molar-refractivity contribution < 1.29 is 4.74 Å². The average molecular weight is 409 g/mol. The van der Waals surface area contributed by atoms with Crippen LogP contribution in [0.4, 0.5) is 0 Å². The van der Waals surface area contributed by atoms with E-state index in [-0.39, 0.29) is 0 Å². The maximum Gasteiger partial charge on any atom is 0.216 e. The van der Waals surface area contributed by atoms with Crippen LogP contribution < -0.4 is 4.74 Å². The zero-order chi connectivity index (χ0) is 18.7. The Hall–Kier alpha value is -2.38. The van der Waals surface area contributed by atoms with Crippen molar-refractivity contribution >= 4 is 26.8 Å². The summed E-state index contributed by atoms with van der Waals surface area (Å²) in [7, 11) is 1.64. The third-order valence-corrected chi connectivity index (χ3v) is 5.25. The molecule has 0 aliphatic carbocycles.